The number of hydrogen-bond acceptors (Lipinski definition) is 5. The fraction of sp³-hybridized carbons (Fsp3) is 0.190. The van der Waals surface area contributed by atoms with E-state index in [2.05, 4.69) is 20.6 Å². The second-order valence-electron chi connectivity index (χ2n) is 6.04. The van der Waals surface area contributed by atoms with E-state index in [9.17, 15) is 4.79 Å². The van der Waals surface area contributed by atoms with Gasteiger partial charge >= 0.3 is 0 Å². The molecule has 27 heavy (non-hydrogen) atoms. The molecule has 0 aliphatic heterocycles. The number of rotatable bonds is 7. The van der Waals surface area contributed by atoms with E-state index < -0.39 is 0 Å². The topological polar surface area (TPSA) is 76.1 Å². The van der Waals surface area contributed by atoms with Gasteiger partial charge in [-0.05, 0) is 43.7 Å². The third kappa shape index (κ3) is 5.28. The molecule has 0 aliphatic carbocycles. The lowest BCUT2D eigenvalue weighted by Gasteiger charge is -2.08. The molecule has 3 rings (SSSR count). The first-order chi connectivity index (χ1) is 13.1. The second-order valence-corrected chi connectivity index (χ2v) is 6.04. The van der Waals surface area contributed by atoms with Crippen LogP contribution in [0.1, 0.15) is 28.5 Å². The first kappa shape index (κ1) is 18.4. The number of aryl methyl sites for hydroxylation is 1. The number of carbonyl (C=O) groups excluding carboxylic acids is 1. The van der Waals surface area contributed by atoms with Crippen molar-refractivity contribution in [2.75, 3.05) is 11.9 Å². The van der Waals surface area contributed by atoms with Gasteiger partial charge in [0.2, 0.25) is 0 Å². The van der Waals surface area contributed by atoms with Crippen molar-refractivity contribution in [2.45, 2.75) is 20.4 Å². The molecule has 0 bridgehead atoms. The molecule has 0 saturated carbocycles. The molecule has 1 aromatic heterocycles. The minimum absolute atomic E-state index is 0.254. The van der Waals surface area contributed by atoms with Gasteiger partial charge in [-0.15, -0.1) is 0 Å². The summed E-state index contributed by atoms with van der Waals surface area (Å²) in [5, 5.41) is 5.99. The van der Waals surface area contributed by atoms with Crippen LogP contribution in [0.4, 0.5) is 11.5 Å². The van der Waals surface area contributed by atoms with Gasteiger partial charge in [-0.1, -0.05) is 29.8 Å². The molecule has 0 radical (unpaired) electrons. The Balaban J connectivity index is 1.55. The van der Waals surface area contributed by atoms with Gasteiger partial charge in [-0.25, -0.2) is 9.97 Å². The highest BCUT2D eigenvalue weighted by Crippen LogP contribution is 2.18. The summed E-state index contributed by atoms with van der Waals surface area (Å²) in [6.45, 7) is 5.06. The molecule has 3 aromatic rings. The van der Waals surface area contributed by atoms with Crippen molar-refractivity contribution in [1.82, 2.24) is 15.3 Å². The van der Waals surface area contributed by atoms with Crippen molar-refractivity contribution in [3.63, 3.8) is 0 Å². The first-order valence-electron chi connectivity index (χ1n) is 8.79. The fourth-order valence-electron chi connectivity index (χ4n) is 2.44. The van der Waals surface area contributed by atoms with E-state index in [-0.39, 0.29) is 11.6 Å². The summed E-state index contributed by atoms with van der Waals surface area (Å²) >= 11 is 0. The maximum absolute atomic E-state index is 12.2. The van der Waals surface area contributed by atoms with E-state index in [0.717, 1.165) is 17.0 Å². The highest BCUT2D eigenvalue weighted by Gasteiger charge is 2.08. The van der Waals surface area contributed by atoms with E-state index in [1.807, 2.05) is 62.4 Å². The third-order valence-electron chi connectivity index (χ3n) is 3.90. The molecule has 2 N–H and O–H groups in total. The van der Waals surface area contributed by atoms with Gasteiger partial charge in [-0.3, -0.25) is 4.79 Å². The summed E-state index contributed by atoms with van der Waals surface area (Å²) in [6, 6.07) is 15.6. The number of ether oxygens (including phenoxy) is 1. The van der Waals surface area contributed by atoms with Gasteiger partial charge in [0.05, 0.1) is 19.0 Å². The number of nitrogens with one attached hydrogen (secondary N) is 2. The lowest BCUT2D eigenvalue weighted by atomic mass is 10.1. The number of carbonyl (C=O) groups is 1. The fourth-order valence-corrected chi connectivity index (χ4v) is 2.44. The monoisotopic (exact) mass is 362 g/mol. The van der Waals surface area contributed by atoms with Crippen LogP contribution in [0.2, 0.25) is 0 Å². The van der Waals surface area contributed by atoms with Gasteiger partial charge in [0.25, 0.3) is 5.91 Å². The molecular formula is C21H22N4O2. The number of hydrogen-bond donors (Lipinski definition) is 2. The molecule has 6 heteroatoms. The van der Waals surface area contributed by atoms with E-state index >= 15 is 0 Å². The lowest BCUT2D eigenvalue weighted by molar-refractivity contribution is 0.0945. The van der Waals surface area contributed by atoms with Crippen LogP contribution >= 0.6 is 0 Å². The van der Waals surface area contributed by atoms with E-state index in [1.54, 1.807) is 0 Å². The zero-order valence-electron chi connectivity index (χ0n) is 15.4. The van der Waals surface area contributed by atoms with Gasteiger partial charge in [0, 0.05) is 12.2 Å². The molecule has 1 heterocycles. The average molecular weight is 362 g/mol. The van der Waals surface area contributed by atoms with E-state index in [0.29, 0.717) is 19.0 Å². The van der Waals surface area contributed by atoms with Gasteiger partial charge in [0.15, 0.2) is 0 Å². The molecule has 0 aliphatic rings. The van der Waals surface area contributed by atoms with Crippen LogP contribution in [0.15, 0.2) is 60.9 Å². The Labute approximate surface area is 158 Å². The van der Waals surface area contributed by atoms with Crippen molar-refractivity contribution in [2.24, 2.45) is 0 Å². The predicted octanol–water partition coefficient (Wildman–Crippen LogP) is 3.86. The highest BCUT2D eigenvalue weighted by molar-refractivity contribution is 5.92. The summed E-state index contributed by atoms with van der Waals surface area (Å²) in [6.07, 6.45) is 3.00. The van der Waals surface area contributed by atoms with Crippen molar-refractivity contribution >= 4 is 17.4 Å². The van der Waals surface area contributed by atoms with Crippen LogP contribution < -0.4 is 15.4 Å². The largest absolute Gasteiger partial charge is 0.494 e. The third-order valence-corrected chi connectivity index (χ3v) is 3.90. The van der Waals surface area contributed by atoms with Gasteiger partial charge in [0.1, 0.15) is 17.3 Å². The minimum Gasteiger partial charge on any atom is -0.494 e. The minimum atomic E-state index is -0.254. The normalized spacial score (nSPS) is 10.3. The molecular weight excluding hydrogens is 340 g/mol. The molecule has 2 aromatic carbocycles. The van der Waals surface area contributed by atoms with Gasteiger partial charge < -0.3 is 15.4 Å². The van der Waals surface area contributed by atoms with E-state index in [1.165, 1.54) is 18.0 Å². The lowest BCUT2D eigenvalue weighted by Crippen LogP contribution is -2.24. The SMILES string of the molecule is CCOc1ccc(Nc2cnc(C(=O)NCc3ccc(C)cc3)cn2)cc1. The zero-order chi connectivity index (χ0) is 19.1. The average Bonchev–Trinajstić information content (AvgIpc) is 2.70. The Morgan fingerprint density at radius 2 is 1.74 bits per heavy atom. The van der Waals surface area contributed by atoms with Crippen LogP contribution in [0.3, 0.4) is 0 Å². The maximum Gasteiger partial charge on any atom is 0.271 e. The molecule has 0 spiro atoms. The Hall–Kier alpha value is -3.41. The quantitative estimate of drug-likeness (QED) is 0.667. The summed E-state index contributed by atoms with van der Waals surface area (Å²) in [7, 11) is 0. The zero-order valence-corrected chi connectivity index (χ0v) is 15.4. The number of anilines is 2. The summed E-state index contributed by atoms with van der Waals surface area (Å²) in [5.41, 5.74) is 3.37. The molecule has 6 nitrogen and oxygen atoms in total. The van der Waals surface area contributed by atoms with E-state index in [4.69, 9.17) is 4.74 Å². The van der Waals surface area contributed by atoms with Crippen LogP contribution in [0.5, 0.6) is 5.75 Å². The summed E-state index contributed by atoms with van der Waals surface area (Å²) in [4.78, 5) is 20.6. The van der Waals surface area contributed by atoms with Crippen LogP contribution in [-0.2, 0) is 6.54 Å². The molecule has 138 valence electrons. The molecule has 1 amide bonds. The number of nitrogens with zero attached hydrogens (tertiary/aromatic N) is 2. The molecule has 0 fully saturated rings. The van der Waals surface area contributed by atoms with Crippen LogP contribution in [0.25, 0.3) is 0 Å². The van der Waals surface area contributed by atoms with Crippen LogP contribution in [0, 0.1) is 6.92 Å². The summed E-state index contributed by atoms with van der Waals surface area (Å²) < 4.78 is 5.41. The van der Waals surface area contributed by atoms with Crippen LogP contribution in [-0.4, -0.2) is 22.5 Å². The first-order valence-corrected chi connectivity index (χ1v) is 8.79. The Bertz CT molecular complexity index is 876. The Kier molecular flexibility index (Phi) is 5.99. The molecule has 0 atom stereocenters. The number of benzene rings is 2. The van der Waals surface area contributed by atoms with Crippen molar-refractivity contribution in [1.29, 1.82) is 0 Å². The smallest absolute Gasteiger partial charge is 0.271 e. The summed E-state index contributed by atoms with van der Waals surface area (Å²) in [5.74, 6) is 1.12. The number of aromatic nitrogens is 2. The molecule has 0 saturated heterocycles. The van der Waals surface area contributed by atoms with Crippen molar-refractivity contribution < 1.29 is 9.53 Å². The van der Waals surface area contributed by atoms with Gasteiger partial charge in [-0.2, -0.15) is 0 Å². The second kappa shape index (κ2) is 8.80. The number of amides is 1. The predicted molar refractivity (Wildman–Crippen MR) is 105 cm³/mol. The van der Waals surface area contributed by atoms with Crippen molar-refractivity contribution in [3.8, 4) is 5.75 Å². The standard InChI is InChI=1S/C21H22N4O2/c1-3-27-18-10-8-17(9-11-18)25-20-14-22-19(13-23-20)21(26)24-12-16-6-4-15(2)5-7-16/h4-11,13-14H,3,12H2,1-2H3,(H,23,25)(H,24,26). The Morgan fingerprint density at radius 3 is 2.37 bits per heavy atom. The van der Waals surface area contributed by atoms with Crippen molar-refractivity contribution in [3.05, 3.63) is 77.7 Å². The Morgan fingerprint density at radius 1 is 1.00 bits per heavy atom. The maximum atomic E-state index is 12.2. The highest BCUT2D eigenvalue weighted by atomic mass is 16.5. The molecule has 0 unspecified atom stereocenters.